The van der Waals surface area contributed by atoms with Gasteiger partial charge in [-0.05, 0) is 6.42 Å². The third-order valence-electron chi connectivity index (χ3n) is 10.7. The van der Waals surface area contributed by atoms with Gasteiger partial charge in [0.05, 0.1) is 0 Å². The van der Waals surface area contributed by atoms with E-state index in [1.807, 2.05) is 0 Å². The van der Waals surface area contributed by atoms with E-state index in [4.69, 9.17) is 47.4 Å². The molecule has 10 atom stereocenters. The van der Waals surface area contributed by atoms with Gasteiger partial charge in [0, 0.05) is 54.9 Å². The SMILES string of the molecule is CCCCCCCCCCCCCCCCCCCC(=O)NC1O[C@H](COC(C)=O)[C@@H](O[C@@H]2O[C@H](COC(C)=O)[C@@H](OC(C)=O)[C@H](OC(C)=O)[C@@H]2OC(C)=O)[C@H](OC(C)=O)[C@@H]1OC(C)=O. The largest absolute Gasteiger partial charge is 0.463 e. The minimum absolute atomic E-state index is 0.1000. The van der Waals surface area contributed by atoms with Gasteiger partial charge >= 0.3 is 41.8 Å². The summed E-state index contributed by atoms with van der Waals surface area (Å²) in [5.41, 5.74) is 0. The molecule has 0 aliphatic carbocycles. The van der Waals surface area contributed by atoms with Crippen LogP contribution < -0.4 is 5.32 Å². The molecular weight excluding hydrogens is 854 g/mol. The Morgan fingerprint density at radius 2 is 0.754 bits per heavy atom. The maximum atomic E-state index is 13.4. The Labute approximate surface area is 383 Å². The summed E-state index contributed by atoms with van der Waals surface area (Å²) in [7, 11) is 0. The van der Waals surface area contributed by atoms with E-state index >= 15 is 0 Å². The molecule has 1 N–H and O–H groups in total. The molecule has 2 aliphatic heterocycles. The van der Waals surface area contributed by atoms with Crippen molar-refractivity contribution in [1.82, 2.24) is 5.32 Å². The van der Waals surface area contributed by atoms with Crippen LogP contribution in [0.4, 0.5) is 0 Å². The first kappa shape index (κ1) is 56.8. The second kappa shape index (κ2) is 31.5. The van der Waals surface area contributed by atoms with Crippen LogP contribution in [0.2, 0.25) is 0 Å². The highest BCUT2D eigenvalue weighted by atomic mass is 16.8. The summed E-state index contributed by atoms with van der Waals surface area (Å²) in [4.78, 5) is 99.8. The summed E-state index contributed by atoms with van der Waals surface area (Å²) in [5, 5.41) is 2.72. The number of amides is 1. The lowest BCUT2D eigenvalue weighted by atomic mass is 9.95. The van der Waals surface area contributed by atoms with Crippen molar-refractivity contribution in [3.05, 3.63) is 0 Å². The minimum atomic E-state index is -1.81. The number of ether oxygens (including phenoxy) is 10. The molecule has 2 fully saturated rings. The molecule has 1 amide bonds. The van der Waals surface area contributed by atoms with E-state index in [9.17, 15) is 38.4 Å². The molecule has 0 bridgehead atoms. The van der Waals surface area contributed by atoms with Gasteiger partial charge < -0.3 is 52.7 Å². The predicted octanol–water partition coefficient (Wildman–Crippen LogP) is 5.76. The van der Waals surface area contributed by atoms with Crippen LogP contribution in [0.3, 0.4) is 0 Å². The highest BCUT2D eigenvalue weighted by molar-refractivity contribution is 5.76. The standard InChI is InChI=1S/C46H75NO18/c1-9-10-11-12-13-14-15-16-17-18-19-20-21-22-23-24-25-26-38(55)47-45-43(61-34(7)53)41(59-32(5)51)40(36(63-45)27-56-29(2)48)65-46-44(62-35(8)54)42(60-33(6)52)39(58-31(4)50)37(64-46)28-57-30(3)49/h36-37,39-46H,9-28H2,1-8H3,(H,47,55)/t36-,37-,39-,40-,41+,42+,43+,44+,45?,46+/m1/s1. The van der Waals surface area contributed by atoms with E-state index in [1.54, 1.807) is 0 Å². The molecule has 19 heteroatoms. The number of rotatable bonds is 30. The Morgan fingerprint density at radius 1 is 0.400 bits per heavy atom. The summed E-state index contributed by atoms with van der Waals surface area (Å²) in [5.74, 6) is -6.37. The van der Waals surface area contributed by atoms with Gasteiger partial charge in [-0.1, -0.05) is 110 Å². The van der Waals surface area contributed by atoms with Gasteiger partial charge in [0.15, 0.2) is 43.0 Å². The van der Waals surface area contributed by atoms with Crippen LogP contribution in [0.25, 0.3) is 0 Å². The van der Waals surface area contributed by atoms with Gasteiger partial charge in [0.1, 0.15) is 31.5 Å². The average Bonchev–Trinajstić information content (AvgIpc) is 3.21. The summed E-state index contributed by atoms with van der Waals surface area (Å²) in [6.45, 7) is 8.62. The summed E-state index contributed by atoms with van der Waals surface area (Å²) in [6, 6.07) is 0. The van der Waals surface area contributed by atoms with E-state index in [0.717, 1.165) is 74.1 Å². The highest BCUT2D eigenvalue weighted by Crippen LogP contribution is 2.35. The van der Waals surface area contributed by atoms with Crippen LogP contribution in [0.1, 0.15) is 171 Å². The first-order chi connectivity index (χ1) is 30.9. The Kier molecular flexibility index (Phi) is 27.5. The molecule has 0 saturated carbocycles. The van der Waals surface area contributed by atoms with Crippen molar-refractivity contribution >= 4 is 47.7 Å². The normalized spacial score (nSPS) is 25.0. The molecule has 0 aromatic rings. The molecule has 0 spiro atoms. The van der Waals surface area contributed by atoms with E-state index in [0.29, 0.717) is 6.42 Å². The van der Waals surface area contributed by atoms with Gasteiger partial charge in [-0.2, -0.15) is 0 Å². The molecule has 65 heavy (non-hydrogen) atoms. The maximum Gasteiger partial charge on any atom is 0.303 e. The van der Waals surface area contributed by atoms with Crippen molar-refractivity contribution in [2.75, 3.05) is 13.2 Å². The lowest BCUT2D eigenvalue weighted by molar-refractivity contribution is -0.345. The second-order valence-electron chi connectivity index (χ2n) is 16.7. The van der Waals surface area contributed by atoms with Crippen molar-refractivity contribution in [3.63, 3.8) is 0 Å². The number of esters is 7. The zero-order chi connectivity index (χ0) is 48.3. The second-order valence-corrected chi connectivity index (χ2v) is 16.7. The molecule has 2 heterocycles. The smallest absolute Gasteiger partial charge is 0.303 e. The van der Waals surface area contributed by atoms with Crippen molar-refractivity contribution in [2.24, 2.45) is 0 Å². The fourth-order valence-corrected chi connectivity index (χ4v) is 7.87. The van der Waals surface area contributed by atoms with Gasteiger partial charge in [-0.3, -0.25) is 38.4 Å². The van der Waals surface area contributed by atoms with Crippen LogP contribution in [0.5, 0.6) is 0 Å². The Bertz CT molecular complexity index is 1510. The zero-order valence-corrected chi connectivity index (χ0v) is 39.8. The van der Waals surface area contributed by atoms with Crippen LogP contribution in [0.15, 0.2) is 0 Å². The van der Waals surface area contributed by atoms with E-state index < -0.39 is 122 Å². The van der Waals surface area contributed by atoms with Crippen molar-refractivity contribution in [3.8, 4) is 0 Å². The lowest BCUT2D eigenvalue weighted by Crippen LogP contribution is -2.68. The zero-order valence-electron chi connectivity index (χ0n) is 39.8. The van der Waals surface area contributed by atoms with Crippen molar-refractivity contribution in [1.29, 1.82) is 0 Å². The molecule has 19 nitrogen and oxygen atoms in total. The third-order valence-corrected chi connectivity index (χ3v) is 10.7. The highest BCUT2D eigenvalue weighted by Gasteiger charge is 2.57. The summed E-state index contributed by atoms with van der Waals surface area (Å²) in [6.07, 6.45) is 4.46. The molecule has 0 radical (unpaired) electrons. The minimum Gasteiger partial charge on any atom is -0.463 e. The van der Waals surface area contributed by atoms with Crippen molar-refractivity contribution in [2.45, 2.75) is 232 Å². The summed E-state index contributed by atoms with van der Waals surface area (Å²) >= 11 is 0. The molecule has 2 rings (SSSR count). The van der Waals surface area contributed by atoms with Crippen LogP contribution in [-0.2, 0) is 85.7 Å². The topological polar surface area (TPSA) is 241 Å². The Morgan fingerprint density at radius 3 is 1.17 bits per heavy atom. The molecule has 1 unspecified atom stereocenters. The molecular formula is C46H75NO18. The van der Waals surface area contributed by atoms with Gasteiger partial charge in [0.2, 0.25) is 5.91 Å². The third kappa shape index (κ3) is 23.1. The number of carbonyl (C=O) groups is 8. The Hall–Kier alpha value is -4.36. The molecule has 0 aromatic carbocycles. The number of nitrogens with one attached hydrogen (secondary N) is 1. The predicted molar refractivity (Wildman–Crippen MR) is 230 cm³/mol. The van der Waals surface area contributed by atoms with E-state index in [-0.39, 0.29) is 6.42 Å². The van der Waals surface area contributed by atoms with Crippen LogP contribution >= 0.6 is 0 Å². The van der Waals surface area contributed by atoms with Gasteiger partial charge in [-0.25, -0.2) is 0 Å². The van der Waals surface area contributed by atoms with Crippen LogP contribution in [-0.4, -0.2) is 122 Å². The number of hydrogen-bond donors (Lipinski definition) is 1. The van der Waals surface area contributed by atoms with Gasteiger partial charge in [-0.15, -0.1) is 0 Å². The van der Waals surface area contributed by atoms with E-state index in [1.165, 1.54) is 77.0 Å². The average molecular weight is 930 g/mol. The fourth-order valence-electron chi connectivity index (χ4n) is 7.87. The number of unbranched alkanes of at least 4 members (excludes halogenated alkanes) is 16. The molecule has 2 saturated heterocycles. The monoisotopic (exact) mass is 929 g/mol. The fraction of sp³-hybridized carbons (Fsp3) is 0.826. The molecule has 2 aliphatic rings. The van der Waals surface area contributed by atoms with E-state index in [2.05, 4.69) is 12.2 Å². The quantitative estimate of drug-likeness (QED) is 0.0511. The van der Waals surface area contributed by atoms with Crippen LogP contribution in [0, 0.1) is 0 Å². The summed E-state index contributed by atoms with van der Waals surface area (Å²) < 4.78 is 56.9. The lowest BCUT2D eigenvalue weighted by Gasteiger charge is -2.48. The number of hydrogen-bond acceptors (Lipinski definition) is 18. The first-order valence-electron chi connectivity index (χ1n) is 23.3. The van der Waals surface area contributed by atoms with Crippen molar-refractivity contribution < 1.29 is 85.7 Å². The number of carbonyl (C=O) groups excluding carboxylic acids is 8. The molecule has 372 valence electrons. The van der Waals surface area contributed by atoms with Gasteiger partial charge in [0.25, 0.3) is 0 Å². The first-order valence-corrected chi connectivity index (χ1v) is 23.3. The maximum absolute atomic E-state index is 13.4. The molecule has 0 aromatic heterocycles. The Balaban J connectivity index is 2.23.